The summed E-state index contributed by atoms with van der Waals surface area (Å²) in [6.45, 7) is 6.13. The monoisotopic (exact) mass is 238 g/mol. The summed E-state index contributed by atoms with van der Waals surface area (Å²) in [5, 5.41) is 13.9. The molecule has 6 nitrogen and oxygen atoms in total. The number of nitrogens with one attached hydrogen (secondary N) is 1. The average molecular weight is 238 g/mol. The standard InChI is InChI=1S/C11H18N4O2/c1-4-7(2)8(3)13-11-9(15(16)17)5-6-10(12)14-11/h5-8H,4H2,1-3H3,(H3,12,13,14). The van der Waals surface area contributed by atoms with Crippen molar-refractivity contribution in [3.8, 4) is 0 Å². The summed E-state index contributed by atoms with van der Waals surface area (Å²) in [5.41, 5.74) is 5.49. The van der Waals surface area contributed by atoms with Gasteiger partial charge in [-0.3, -0.25) is 10.1 Å². The van der Waals surface area contributed by atoms with E-state index in [1.165, 1.54) is 12.1 Å². The first kappa shape index (κ1) is 13.2. The number of anilines is 2. The maximum Gasteiger partial charge on any atom is 0.311 e. The zero-order chi connectivity index (χ0) is 13.0. The molecule has 2 unspecified atom stereocenters. The fourth-order valence-electron chi connectivity index (χ4n) is 1.43. The van der Waals surface area contributed by atoms with Gasteiger partial charge in [-0.25, -0.2) is 4.98 Å². The molecular formula is C11H18N4O2. The predicted molar refractivity (Wildman–Crippen MR) is 67.8 cm³/mol. The Balaban J connectivity index is 2.96. The van der Waals surface area contributed by atoms with Crippen LogP contribution in [0.5, 0.6) is 0 Å². The number of pyridine rings is 1. The quantitative estimate of drug-likeness (QED) is 0.606. The number of hydrogen-bond donors (Lipinski definition) is 2. The van der Waals surface area contributed by atoms with Gasteiger partial charge in [0, 0.05) is 12.1 Å². The molecule has 0 saturated carbocycles. The normalized spacial score (nSPS) is 14.1. The van der Waals surface area contributed by atoms with Gasteiger partial charge in [0.1, 0.15) is 5.82 Å². The maximum atomic E-state index is 10.8. The van der Waals surface area contributed by atoms with Crippen LogP contribution in [0.2, 0.25) is 0 Å². The zero-order valence-electron chi connectivity index (χ0n) is 10.3. The molecule has 2 atom stereocenters. The lowest BCUT2D eigenvalue weighted by molar-refractivity contribution is -0.384. The molecular weight excluding hydrogens is 220 g/mol. The smallest absolute Gasteiger partial charge is 0.311 e. The first-order chi connectivity index (χ1) is 7.95. The van der Waals surface area contributed by atoms with Crippen LogP contribution in [0, 0.1) is 16.0 Å². The van der Waals surface area contributed by atoms with Crippen molar-refractivity contribution < 1.29 is 4.92 Å². The van der Waals surface area contributed by atoms with E-state index in [0.29, 0.717) is 5.92 Å². The van der Waals surface area contributed by atoms with Crippen LogP contribution < -0.4 is 11.1 Å². The number of aromatic nitrogens is 1. The Hall–Kier alpha value is -1.85. The highest BCUT2D eigenvalue weighted by molar-refractivity contribution is 5.59. The van der Waals surface area contributed by atoms with Crippen LogP contribution in [0.4, 0.5) is 17.3 Å². The number of hydrogen-bond acceptors (Lipinski definition) is 5. The second-order valence-corrected chi connectivity index (χ2v) is 4.18. The summed E-state index contributed by atoms with van der Waals surface area (Å²) in [5.74, 6) is 0.912. The third kappa shape index (κ3) is 3.30. The van der Waals surface area contributed by atoms with Gasteiger partial charge in [0.2, 0.25) is 5.82 Å². The third-order valence-electron chi connectivity index (χ3n) is 2.95. The van der Waals surface area contributed by atoms with Crippen LogP contribution in [0.15, 0.2) is 12.1 Å². The Morgan fingerprint density at radius 1 is 1.53 bits per heavy atom. The van der Waals surface area contributed by atoms with E-state index in [0.717, 1.165) is 6.42 Å². The van der Waals surface area contributed by atoms with Gasteiger partial charge in [-0.1, -0.05) is 20.3 Å². The molecule has 0 bridgehead atoms. The second-order valence-electron chi connectivity index (χ2n) is 4.18. The van der Waals surface area contributed by atoms with Gasteiger partial charge >= 0.3 is 5.69 Å². The van der Waals surface area contributed by atoms with E-state index in [-0.39, 0.29) is 23.4 Å². The van der Waals surface area contributed by atoms with Gasteiger partial charge in [0.05, 0.1) is 4.92 Å². The van der Waals surface area contributed by atoms with Crippen molar-refractivity contribution in [1.82, 2.24) is 4.98 Å². The minimum Gasteiger partial charge on any atom is -0.384 e. The maximum absolute atomic E-state index is 10.8. The number of nitrogens with zero attached hydrogens (tertiary/aromatic N) is 2. The van der Waals surface area contributed by atoms with E-state index in [4.69, 9.17) is 5.73 Å². The SMILES string of the molecule is CCC(C)C(C)Nc1nc(N)ccc1[N+](=O)[O-]. The summed E-state index contributed by atoms with van der Waals surface area (Å²) in [6, 6.07) is 2.90. The van der Waals surface area contributed by atoms with Crippen molar-refractivity contribution in [3.63, 3.8) is 0 Å². The Morgan fingerprint density at radius 2 is 2.18 bits per heavy atom. The first-order valence-electron chi connectivity index (χ1n) is 5.63. The molecule has 0 aromatic carbocycles. The molecule has 0 spiro atoms. The van der Waals surface area contributed by atoms with Crippen LogP contribution in [0.1, 0.15) is 27.2 Å². The van der Waals surface area contributed by atoms with Gasteiger partial charge in [-0.05, 0) is 18.9 Å². The molecule has 0 fully saturated rings. The van der Waals surface area contributed by atoms with Crippen molar-refractivity contribution in [3.05, 3.63) is 22.2 Å². The van der Waals surface area contributed by atoms with E-state index in [1.54, 1.807) is 0 Å². The average Bonchev–Trinajstić information content (AvgIpc) is 2.27. The Labute approximate surface area is 100 Å². The summed E-state index contributed by atoms with van der Waals surface area (Å²) in [6.07, 6.45) is 0.990. The molecule has 0 aliphatic carbocycles. The van der Waals surface area contributed by atoms with Gasteiger partial charge in [0.25, 0.3) is 0 Å². The Morgan fingerprint density at radius 3 is 2.71 bits per heavy atom. The number of nitrogens with two attached hydrogens (primary N) is 1. The lowest BCUT2D eigenvalue weighted by Gasteiger charge is -2.20. The van der Waals surface area contributed by atoms with Crippen molar-refractivity contribution in [2.45, 2.75) is 33.2 Å². The van der Waals surface area contributed by atoms with Crippen LogP contribution >= 0.6 is 0 Å². The number of rotatable bonds is 5. The highest BCUT2D eigenvalue weighted by atomic mass is 16.6. The van der Waals surface area contributed by atoms with Crippen molar-refractivity contribution in [1.29, 1.82) is 0 Å². The van der Waals surface area contributed by atoms with Crippen molar-refractivity contribution >= 4 is 17.3 Å². The van der Waals surface area contributed by atoms with E-state index in [2.05, 4.69) is 24.1 Å². The van der Waals surface area contributed by atoms with Crippen molar-refractivity contribution in [2.75, 3.05) is 11.1 Å². The molecule has 0 aliphatic rings. The summed E-state index contributed by atoms with van der Waals surface area (Å²) in [4.78, 5) is 14.4. The number of nitrogen functional groups attached to an aromatic ring is 1. The Bertz CT molecular complexity index is 408. The van der Waals surface area contributed by atoms with Gasteiger partial charge in [0.15, 0.2) is 0 Å². The molecule has 0 amide bonds. The molecule has 0 saturated heterocycles. The predicted octanol–water partition coefficient (Wildman–Crippen LogP) is 2.42. The highest BCUT2D eigenvalue weighted by Gasteiger charge is 2.19. The molecule has 6 heteroatoms. The molecule has 94 valence electrons. The minimum absolute atomic E-state index is 0.0469. The third-order valence-corrected chi connectivity index (χ3v) is 2.95. The molecule has 0 aliphatic heterocycles. The lowest BCUT2D eigenvalue weighted by atomic mass is 10.0. The molecule has 0 radical (unpaired) electrons. The topological polar surface area (TPSA) is 94.1 Å². The summed E-state index contributed by atoms with van der Waals surface area (Å²) >= 11 is 0. The van der Waals surface area contributed by atoms with E-state index < -0.39 is 4.92 Å². The highest BCUT2D eigenvalue weighted by Crippen LogP contribution is 2.25. The molecule has 17 heavy (non-hydrogen) atoms. The first-order valence-corrected chi connectivity index (χ1v) is 5.63. The molecule has 1 heterocycles. The zero-order valence-corrected chi connectivity index (χ0v) is 10.3. The van der Waals surface area contributed by atoms with Crippen LogP contribution in [0.25, 0.3) is 0 Å². The fraction of sp³-hybridized carbons (Fsp3) is 0.545. The lowest BCUT2D eigenvalue weighted by Crippen LogP contribution is -2.24. The van der Waals surface area contributed by atoms with E-state index >= 15 is 0 Å². The molecule has 1 rings (SSSR count). The fourth-order valence-corrected chi connectivity index (χ4v) is 1.43. The minimum atomic E-state index is -0.460. The van der Waals surface area contributed by atoms with Crippen LogP contribution in [0.3, 0.4) is 0 Å². The molecule has 3 N–H and O–H groups in total. The summed E-state index contributed by atoms with van der Waals surface area (Å²) < 4.78 is 0. The largest absolute Gasteiger partial charge is 0.384 e. The molecule has 1 aromatic heterocycles. The second kappa shape index (κ2) is 5.47. The van der Waals surface area contributed by atoms with E-state index in [9.17, 15) is 10.1 Å². The van der Waals surface area contributed by atoms with Gasteiger partial charge < -0.3 is 11.1 Å². The van der Waals surface area contributed by atoms with Crippen LogP contribution in [-0.4, -0.2) is 15.9 Å². The van der Waals surface area contributed by atoms with E-state index in [1.807, 2.05) is 6.92 Å². The van der Waals surface area contributed by atoms with Crippen LogP contribution in [-0.2, 0) is 0 Å². The van der Waals surface area contributed by atoms with Gasteiger partial charge in [-0.2, -0.15) is 0 Å². The Kier molecular flexibility index (Phi) is 4.25. The molecule has 1 aromatic rings. The number of nitro groups is 1. The summed E-state index contributed by atoms with van der Waals surface area (Å²) in [7, 11) is 0. The van der Waals surface area contributed by atoms with Gasteiger partial charge in [-0.15, -0.1) is 0 Å². The van der Waals surface area contributed by atoms with Crippen molar-refractivity contribution in [2.24, 2.45) is 5.92 Å².